The Morgan fingerprint density at radius 1 is 0.625 bits per heavy atom. The summed E-state index contributed by atoms with van der Waals surface area (Å²) in [5.41, 5.74) is 3.39. The molecule has 3 aromatic carbocycles. The van der Waals surface area contributed by atoms with Crippen molar-refractivity contribution in [3.8, 4) is 0 Å². The molecule has 0 radical (unpaired) electrons. The van der Waals surface area contributed by atoms with Crippen molar-refractivity contribution in [3.05, 3.63) is 108 Å². The average molecular weight is 312 g/mol. The second-order valence-electron chi connectivity index (χ2n) is 5.52. The van der Waals surface area contributed by atoms with Gasteiger partial charge in [-0.3, -0.25) is 9.98 Å². The third-order valence-electron chi connectivity index (χ3n) is 3.71. The fraction of sp³-hybridized carbons (Fsp3) is 0.0909. The fourth-order valence-electron chi connectivity index (χ4n) is 2.43. The van der Waals surface area contributed by atoms with E-state index < -0.39 is 0 Å². The third kappa shape index (κ3) is 4.75. The Morgan fingerprint density at radius 3 is 1.71 bits per heavy atom. The van der Waals surface area contributed by atoms with Gasteiger partial charge in [-0.25, -0.2) is 0 Å². The largest absolute Gasteiger partial charge is 0.290 e. The molecule has 0 fully saturated rings. The SMILES string of the molecule is C(=NC[C@H](N=Cc1ccccc1)c1ccccc1)c1ccccc1. The average Bonchev–Trinajstić information content (AvgIpc) is 2.67. The van der Waals surface area contributed by atoms with E-state index in [1.54, 1.807) is 0 Å². The van der Waals surface area contributed by atoms with Gasteiger partial charge >= 0.3 is 0 Å². The molecule has 0 amide bonds. The highest BCUT2D eigenvalue weighted by Gasteiger charge is 2.07. The number of hydrogen-bond donors (Lipinski definition) is 0. The summed E-state index contributed by atoms with van der Waals surface area (Å²) in [5, 5.41) is 0. The van der Waals surface area contributed by atoms with Crippen LogP contribution in [0.2, 0.25) is 0 Å². The lowest BCUT2D eigenvalue weighted by atomic mass is 10.1. The normalized spacial score (nSPS) is 12.7. The molecule has 0 unspecified atom stereocenters. The molecule has 24 heavy (non-hydrogen) atoms. The van der Waals surface area contributed by atoms with E-state index in [1.165, 1.54) is 5.56 Å². The number of rotatable bonds is 6. The maximum absolute atomic E-state index is 4.76. The Balaban J connectivity index is 1.75. The van der Waals surface area contributed by atoms with Crippen molar-refractivity contribution in [1.29, 1.82) is 0 Å². The summed E-state index contributed by atoms with van der Waals surface area (Å²) in [6.07, 6.45) is 3.84. The molecule has 1 atom stereocenters. The van der Waals surface area contributed by atoms with Gasteiger partial charge in [0.25, 0.3) is 0 Å². The van der Waals surface area contributed by atoms with E-state index in [0.717, 1.165) is 11.1 Å². The monoisotopic (exact) mass is 312 g/mol. The molecule has 0 aliphatic rings. The quantitative estimate of drug-likeness (QED) is 0.574. The lowest BCUT2D eigenvalue weighted by molar-refractivity contribution is 0.746. The van der Waals surface area contributed by atoms with Crippen LogP contribution in [0, 0.1) is 0 Å². The van der Waals surface area contributed by atoms with Crippen molar-refractivity contribution < 1.29 is 0 Å². The summed E-state index contributed by atoms with van der Waals surface area (Å²) < 4.78 is 0. The summed E-state index contributed by atoms with van der Waals surface area (Å²) in [4.78, 5) is 9.35. The molecule has 0 heterocycles. The van der Waals surface area contributed by atoms with Gasteiger partial charge in [-0.2, -0.15) is 0 Å². The van der Waals surface area contributed by atoms with E-state index in [0.29, 0.717) is 6.54 Å². The predicted octanol–water partition coefficient (Wildman–Crippen LogP) is 4.97. The minimum Gasteiger partial charge on any atom is -0.290 e. The van der Waals surface area contributed by atoms with Crippen LogP contribution < -0.4 is 0 Å². The van der Waals surface area contributed by atoms with E-state index in [4.69, 9.17) is 4.99 Å². The molecule has 3 aromatic rings. The molecule has 0 saturated carbocycles. The van der Waals surface area contributed by atoms with Gasteiger partial charge in [0.15, 0.2) is 0 Å². The van der Waals surface area contributed by atoms with Gasteiger partial charge in [0.2, 0.25) is 0 Å². The van der Waals surface area contributed by atoms with Crippen LogP contribution >= 0.6 is 0 Å². The van der Waals surface area contributed by atoms with Crippen LogP contribution in [-0.4, -0.2) is 19.0 Å². The molecule has 2 heteroatoms. The van der Waals surface area contributed by atoms with Crippen molar-refractivity contribution in [2.45, 2.75) is 6.04 Å². The molecule has 2 nitrogen and oxygen atoms in total. The molecular weight excluding hydrogens is 292 g/mol. The molecule has 0 N–H and O–H groups in total. The zero-order chi connectivity index (χ0) is 16.5. The van der Waals surface area contributed by atoms with Crippen LogP contribution in [0.15, 0.2) is 101 Å². The summed E-state index contributed by atoms with van der Waals surface area (Å²) >= 11 is 0. The van der Waals surface area contributed by atoms with Crippen LogP contribution in [0.5, 0.6) is 0 Å². The summed E-state index contributed by atoms with van der Waals surface area (Å²) in [5.74, 6) is 0. The highest BCUT2D eigenvalue weighted by molar-refractivity contribution is 5.80. The third-order valence-corrected chi connectivity index (χ3v) is 3.71. The van der Waals surface area contributed by atoms with Crippen molar-refractivity contribution in [2.24, 2.45) is 9.98 Å². The van der Waals surface area contributed by atoms with Crippen LogP contribution in [0.4, 0.5) is 0 Å². The smallest absolute Gasteiger partial charge is 0.0944 e. The lowest BCUT2D eigenvalue weighted by Crippen LogP contribution is -2.01. The first-order valence-corrected chi connectivity index (χ1v) is 8.10. The van der Waals surface area contributed by atoms with Crippen molar-refractivity contribution >= 4 is 12.4 Å². The van der Waals surface area contributed by atoms with E-state index >= 15 is 0 Å². The van der Waals surface area contributed by atoms with Gasteiger partial charge in [0.1, 0.15) is 0 Å². The van der Waals surface area contributed by atoms with Gasteiger partial charge < -0.3 is 0 Å². The van der Waals surface area contributed by atoms with Gasteiger partial charge in [-0.15, -0.1) is 0 Å². The zero-order valence-electron chi connectivity index (χ0n) is 13.5. The Morgan fingerprint density at radius 2 is 1.12 bits per heavy atom. The van der Waals surface area contributed by atoms with Gasteiger partial charge in [0.05, 0.1) is 12.6 Å². The standard InChI is InChI=1S/C22H20N2/c1-4-10-19(11-5-1)16-23-18-22(21-14-8-3-9-15-21)24-17-20-12-6-2-7-13-20/h1-17,22H,18H2/t22-/m0/s1. The lowest BCUT2D eigenvalue weighted by Gasteiger charge is -2.10. The molecule has 0 saturated heterocycles. The molecule has 0 aromatic heterocycles. The minimum absolute atomic E-state index is 0.0198. The van der Waals surface area contributed by atoms with Crippen LogP contribution in [0.1, 0.15) is 22.7 Å². The second kappa shape index (κ2) is 8.59. The second-order valence-corrected chi connectivity index (χ2v) is 5.52. The van der Waals surface area contributed by atoms with Gasteiger partial charge in [-0.05, 0) is 16.7 Å². The zero-order valence-corrected chi connectivity index (χ0v) is 13.5. The highest BCUT2D eigenvalue weighted by atomic mass is 14.8. The number of aliphatic imine (C=N–C) groups is 2. The Kier molecular flexibility index (Phi) is 5.68. The molecule has 118 valence electrons. The Bertz CT molecular complexity index is 778. The fourth-order valence-corrected chi connectivity index (χ4v) is 2.43. The summed E-state index contributed by atoms with van der Waals surface area (Å²) in [6.45, 7) is 0.627. The van der Waals surface area contributed by atoms with Crippen molar-refractivity contribution in [3.63, 3.8) is 0 Å². The van der Waals surface area contributed by atoms with Gasteiger partial charge in [0, 0.05) is 12.4 Å². The molecule has 0 aliphatic heterocycles. The number of hydrogen-bond acceptors (Lipinski definition) is 2. The van der Waals surface area contributed by atoms with Crippen LogP contribution in [-0.2, 0) is 0 Å². The Labute approximate surface area is 143 Å². The molecule has 0 aliphatic carbocycles. The maximum Gasteiger partial charge on any atom is 0.0944 e. The predicted molar refractivity (Wildman–Crippen MR) is 102 cm³/mol. The highest BCUT2D eigenvalue weighted by Crippen LogP contribution is 2.17. The van der Waals surface area contributed by atoms with E-state index in [-0.39, 0.29) is 6.04 Å². The summed E-state index contributed by atoms with van der Waals surface area (Å²) in [6, 6.07) is 30.6. The van der Waals surface area contributed by atoms with Crippen LogP contribution in [0.3, 0.4) is 0 Å². The molecule has 0 spiro atoms. The first-order valence-electron chi connectivity index (χ1n) is 8.10. The van der Waals surface area contributed by atoms with Crippen molar-refractivity contribution in [1.82, 2.24) is 0 Å². The Hall–Kier alpha value is -3.00. The minimum atomic E-state index is 0.0198. The number of benzene rings is 3. The number of nitrogens with zero attached hydrogens (tertiary/aromatic N) is 2. The first kappa shape index (κ1) is 15.9. The van der Waals surface area contributed by atoms with E-state index in [2.05, 4.69) is 29.3 Å². The van der Waals surface area contributed by atoms with Crippen LogP contribution in [0.25, 0.3) is 0 Å². The molecule has 3 rings (SSSR count). The van der Waals surface area contributed by atoms with E-state index in [1.807, 2.05) is 79.2 Å². The maximum atomic E-state index is 4.76. The van der Waals surface area contributed by atoms with Gasteiger partial charge in [-0.1, -0.05) is 91.0 Å². The molecule has 0 bridgehead atoms. The molecular formula is C22H20N2. The van der Waals surface area contributed by atoms with E-state index in [9.17, 15) is 0 Å². The van der Waals surface area contributed by atoms with Crippen molar-refractivity contribution in [2.75, 3.05) is 6.54 Å². The summed E-state index contributed by atoms with van der Waals surface area (Å²) in [7, 11) is 0. The first-order chi connectivity index (χ1) is 11.9. The topological polar surface area (TPSA) is 24.7 Å².